The lowest BCUT2D eigenvalue weighted by atomic mass is 10.1. The average molecular weight is 328 g/mol. The highest BCUT2D eigenvalue weighted by Crippen LogP contribution is 2.25. The molecule has 2 unspecified atom stereocenters. The molecule has 0 aliphatic carbocycles. The van der Waals surface area contributed by atoms with Gasteiger partial charge in [-0.3, -0.25) is 9.59 Å². The highest BCUT2D eigenvalue weighted by atomic mass is 16.5. The van der Waals surface area contributed by atoms with Crippen LogP contribution in [0.1, 0.15) is 23.2 Å². The van der Waals surface area contributed by atoms with Gasteiger partial charge in [0.1, 0.15) is 0 Å². The van der Waals surface area contributed by atoms with Crippen LogP contribution in [-0.2, 0) is 9.53 Å². The topological polar surface area (TPSA) is 71.8 Å². The van der Waals surface area contributed by atoms with Gasteiger partial charge in [0.15, 0.2) is 0 Å². The Morgan fingerprint density at radius 3 is 2.67 bits per heavy atom. The minimum Gasteiger partial charge on any atom is -0.481 e. The largest absolute Gasteiger partial charge is 0.481 e. The lowest BCUT2D eigenvalue weighted by Crippen LogP contribution is -2.37. The van der Waals surface area contributed by atoms with Crippen LogP contribution in [0.3, 0.4) is 0 Å². The summed E-state index contributed by atoms with van der Waals surface area (Å²) in [5, 5.41) is 9.09. The maximum absolute atomic E-state index is 12.9. The molecule has 1 aliphatic heterocycles. The van der Waals surface area contributed by atoms with Gasteiger partial charge in [0, 0.05) is 43.3 Å². The summed E-state index contributed by atoms with van der Waals surface area (Å²) in [6, 6.07) is 10.8. The van der Waals surface area contributed by atoms with Crippen molar-refractivity contribution in [2.75, 3.05) is 13.7 Å². The van der Waals surface area contributed by atoms with Gasteiger partial charge in [-0.1, -0.05) is 6.07 Å². The van der Waals surface area contributed by atoms with Gasteiger partial charge < -0.3 is 19.3 Å². The van der Waals surface area contributed by atoms with Crippen molar-refractivity contribution >= 4 is 11.9 Å². The third kappa shape index (κ3) is 3.33. The number of hydrogen-bond donors (Lipinski definition) is 1. The number of ether oxygens (including phenoxy) is 1. The van der Waals surface area contributed by atoms with E-state index in [0.717, 1.165) is 5.69 Å². The number of nitrogens with zero attached hydrogens (tertiary/aromatic N) is 2. The first-order valence-corrected chi connectivity index (χ1v) is 7.87. The second-order valence-corrected chi connectivity index (χ2v) is 5.94. The van der Waals surface area contributed by atoms with E-state index in [-0.39, 0.29) is 24.5 Å². The van der Waals surface area contributed by atoms with Crippen LogP contribution in [0.5, 0.6) is 0 Å². The zero-order valence-electron chi connectivity index (χ0n) is 13.5. The van der Waals surface area contributed by atoms with Crippen LogP contribution in [0.2, 0.25) is 0 Å². The Kier molecular flexibility index (Phi) is 4.66. The summed E-state index contributed by atoms with van der Waals surface area (Å²) in [5.41, 5.74) is 1.44. The van der Waals surface area contributed by atoms with Crippen molar-refractivity contribution in [2.45, 2.75) is 25.0 Å². The first kappa shape index (κ1) is 16.3. The zero-order valence-corrected chi connectivity index (χ0v) is 13.5. The van der Waals surface area contributed by atoms with E-state index in [4.69, 9.17) is 9.84 Å². The van der Waals surface area contributed by atoms with Crippen molar-refractivity contribution in [2.24, 2.45) is 0 Å². The molecule has 0 spiro atoms. The zero-order chi connectivity index (χ0) is 17.1. The lowest BCUT2D eigenvalue weighted by molar-refractivity contribution is -0.137. The van der Waals surface area contributed by atoms with Crippen LogP contribution in [-0.4, -0.2) is 52.3 Å². The van der Waals surface area contributed by atoms with Gasteiger partial charge in [-0.2, -0.15) is 0 Å². The number of carboxylic acids is 1. The first-order valence-electron chi connectivity index (χ1n) is 7.87. The molecule has 0 radical (unpaired) electrons. The van der Waals surface area contributed by atoms with Gasteiger partial charge in [-0.25, -0.2) is 0 Å². The number of aliphatic carboxylic acids is 1. The molecule has 1 aliphatic rings. The fraction of sp³-hybridized carbons (Fsp3) is 0.333. The third-order valence-corrected chi connectivity index (χ3v) is 4.38. The van der Waals surface area contributed by atoms with E-state index in [1.165, 1.54) is 0 Å². The Bertz CT molecular complexity index is 726. The normalized spacial score (nSPS) is 20.3. The second-order valence-electron chi connectivity index (χ2n) is 5.94. The van der Waals surface area contributed by atoms with E-state index in [1.54, 1.807) is 18.1 Å². The number of carbonyl (C=O) groups excluding carboxylic acids is 1. The predicted molar refractivity (Wildman–Crippen MR) is 88.3 cm³/mol. The smallest absolute Gasteiger partial charge is 0.305 e. The monoisotopic (exact) mass is 328 g/mol. The van der Waals surface area contributed by atoms with Crippen LogP contribution in [0.4, 0.5) is 0 Å². The molecule has 2 atom stereocenters. The van der Waals surface area contributed by atoms with Crippen LogP contribution in [0, 0.1) is 0 Å². The number of rotatable bonds is 5. The number of hydrogen-bond acceptors (Lipinski definition) is 3. The number of benzene rings is 1. The number of amides is 1. The minimum absolute atomic E-state index is 0.0666. The Morgan fingerprint density at radius 2 is 2.00 bits per heavy atom. The van der Waals surface area contributed by atoms with Crippen LogP contribution < -0.4 is 0 Å². The van der Waals surface area contributed by atoms with Crippen molar-refractivity contribution in [3.05, 3.63) is 54.4 Å². The molecular formula is C18H20N2O4. The molecule has 0 saturated carbocycles. The maximum atomic E-state index is 12.9. The van der Waals surface area contributed by atoms with Crippen LogP contribution in [0.25, 0.3) is 5.69 Å². The van der Waals surface area contributed by atoms with E-state index in [1.807, 2.05) is 47.3 Å². The van der Waals surface area contributed by atoms with E-state index in [9.17, 15) is 9.59 Å². The molecule has 2 aromatic rings. The number of carbonyl (C=O) groups is 2. The SMILES string of the molecule is COC1CC(CC(=O)O)N(C(=O)c2cccc(-n3cccc3)c2)C1. The summed E-state index contributed by atoms with van der Waals surface area (Å²) in [5.74, 6) is -1.06. The molecule has 1 fully saturated rings. The fourth-order valence-corrected chi connectivity index (χ4v) is 3.16. The number of carboxylic acid groups (broad SMARTS) is 1. The van der Waals surface area contributed by atoms with E-state index < -0.39 is 5.97 Å². The molecule has 6 heteroatoms. The number of likely N-dealkylation sites (tertiary alicyclic amines) is 1. The number of methoxy groups -OCH3 is 1. The molecule has 1 N–H and O–H groups in total. The van der Waals surface area contributed by atoms with E-state index in [0.29, 0.717) is 18.5 Å². The van der Waals surface area contributed by atoms with Gasteiger partial charge in [-0.05, 0) is 36.8 Å². The van der Waals surface area contributed by atoms with Crippen LogP contribution in [0.15, 0.2) is 48.8 Å². The lowest BCUT2D eigenvalue weighted by Gasteiger charge is -2.23. The molecule has 1 aromatic heterocycles. The number of aromatic nitrogens is 1. The molecule has 1 saturated heterocycles. The summed E-state index contributed by atoms with van der Waals surface area (Å²) in [7, 11) is 1.59. The third-order valence-electron chi connectivity index (χ3n) is 4.38. The molecule has 24 heavy (non-hydrogen) atoms. The summed E-state index contributed by atoms with van der Waals surface area (Å²) >= 11 is 0. The van der Waals surface area contributed by atoms with Crippen molar-refractivity contribution in [1.29, 1.82) is 0 Å². The van der Waals surface area contributed by atoms with E-state index in [2.05, 4.69) is 0 Å². The Labute approximate surface area is 140 Å². The predicted octanol–water partition coefficient (Wildman–Crippen LogP) is 2.18. The maximum Gasteiger partial charge on any atom is 0.305 e. The summed E-state index contributed by atoms with van der Waals surface area (Å²) in [6.07, 6.45) is 4.18. The quantitative estimate of drug-likeness (QED) is 0.913. The van der Waals surface area contributed by atoms with E-state index >= 15 is 0 Å². The standard InChI is InChI=1S/C18H20N2O4/c1-24-16-10-15(11-17(21)22)20(12-16)18(23)13-5-4-6-14(9-13)19-7-2-3-8-19/h2-9,15-16H,10-12H2,1H3,(H,21,22). The van der Waals surface area contributed by atoms with Gasteiger partial charge in [0.25, 0.3) is 5.91 Å². The van der Waals surface area contributed by atoms with Crippen molar-refractivity contribution in [1.82, 2.24) is 9.47 Å². The molecule has 2 heterocycles. The summed E-state index contributed by atoms with van der Waals surface area (Å²) in [6.45, 7) is 0.418. The summed E-state index contributed by atoms with van der Waals surface area (Å²) in [4.78, 5) is 25.6. The van der Waals surface area contributed by atoms with Crippen molar-refractivity contribution < 1.29 is 19.4 Å². The molecule has 126 valence electrons. The van der Waals surface area contributed by atoms with Gasteiger partial charge in [-0.15, -0.1) is 0 Å². The Balaban J connectivity index is 1.84. The molecule has 1 amide bonds. The molecule has 0 bridgehead atoms. The summed E-state index contributed by atoms with van der Waals surface area (Å²) < 4.78 is 7.25. The molecule has 1 aromatic carbocycles. The highest BCUT2D eigenvalue weighted by molar-refractivity contribution is 5.95. The van der Waals surface area contributed by atoms with Gasteiger partial charge in [0.05, 0.1) is 12.5 Å². The van der Waals surface area contributed by atoms with Gasteiger partial charge in [0.2, 0.25) is 0 Å². The molecular weight excluding hydrogens is 308 g/mol. The van der Waals surface area contributed by atoms with Crippen LogP contribution >= 0.6 is 0 Å². The van der Waals surface area contributed by atoms with Crippen molar-refractivity contribution in [3.8, 4) is 5.69 Å². The highest BCUT2D eigenvalue weighted by Gasteiger charge is 2.36. The first-order chi connectivity index (χ1) is 11.6. The molecule has 3 rings (SSSR count). The fourth-order valence-electron chi connectivity index (χ4n) is 3.16. The average Bonchev–Trinajstić information content (AvgIpc) is 3.23. The Hall–Kier alpha value is -2.60. The van der Waals surface area contributed by atoms with Gasteiger partial charge >= 0.3 is 5.97 Å². The minimum atomic E-state index is -0.907. The Morgan fingerprint density at radius 1 is 1.25 bits per heavy atom. The molecule has 6 nitrogen and oxygen atoms in total. The second kappa shape index (κ2) is 6.88. The van der Waals surface area contributed by atoms with Crippen molar-refractivity contribution in [3.63, 3.8) is 0 Å².